The third-order valence-electron chi connectivity index (χ3n) is 3.67. The maximum Gasteiger partial charge on any atom is 0.321 e. The van der Waals surface area contributed by atoms with E-state index in [1.165, 1.54) is 28.0 Å². The molecule has 0 aliphatic carbocycles. The quantitative estimate of drug-likeness (QED) is 0.861. The lowest BCUT2D eigenvalue weighted by Gasteiger charge is -2.24. The summed E-state index contributed by atoms with van der Waals surface area (Å²) >= 11 is 0. The Hall–Kier alpha value is -2.15. The number of nitrogens with two attached hydrogens (primary N) is 1. The van der Waals surface area contributed by atoms with Crippen molar-refractivity contribution < 1.29 is 14.0 Å². The Morgan fingerprint density at radius 1 is 1.57 bits per heavy atom. The highest BCUT2D eigenvalue weighted by molar-refractivity contribution is 5.98. The molecule has 1 heterocycles. The first kappa shape index (κ1) is 15.2. The van der Waals surface area contributed by atoms with E-state index in [1.54, 1.807) is 14.0 Å². The van der Waals surface area contributed by atoms with E-state index in [9.17, 15) is 14.0 Å². The molecule has 0 unspecified atom stereocenters. The van der Waals surface area contributed by atoms with Crippen LogP contribution in [0.15, 0.2) is 18.2 Å². The summed E-state index contributed by atoms with van der Waals surface area (Å²) in [6.45, 7) is 3.10. The maximum atomic E-state index is 13.9. The van der Waals surface area contributed by atoms with E-state index in [2.05, 4.69) is 5.32 Å². The number of benzene rings is 1. The van der Waals surface area contributed by atoms with Crippen molar-refractivity contribution in [1.82, 2.24) is 10.2 Å². The Morgan fingerprint density at radius 3 is 2.86 bits per heavy atom. The van der Waals surface area contributed by atoms with Crippen LogP contribution in [0.2, 0.25) is 0 Å². The van der Waals surface area contributed by atoms with Crippen molar-refractivity contribution in [2.75, 3.05) is 31.6 Å². The number of amides is 3. The number of anilines is 1. The van der Waals surface area contributed by atoms with Crippen molar-refractivity contribution in [2.45, 2.75) is 13.0 Å². The molecule has 1 aliphatic heterocycles. The van der Waals surface area contributed by atoms with E-state index in [0.717, 1.165) is 0 Å². The molecule has 0 bridgehead atoms. The van der Waals surface area contributed by atoms with Crippen molar-refractivity contribution in [3.63, 3.8) is 0 Å². The summed E-state index contributed by atoms with van der Waals surface area (Å²) in [5.41, 5.74) is 5.97. The summed E-state index contributed by atoms with van der Waals surface area (Å²) in [4.78, 5) is 26.8. The molecule has 1 saturated heterocycles. The van der Waals surface area contributed by atoms with Crippen LogP contribution in [0.1, 0.15) is 17.3 Å². The molecule has 3 N–H and O–H groups in total. The first-order valence-corrected chi connectivity index (χ1v) is 6.78. The van der Waals surface area contributed by atoms with Crippen LogP contribution in [0.4, 0.5) is 14.9 Å². The van der Waals surface area contributed by atoms with Gasteiger partial charge in [0.1, 0.15) is 5.82 Å². The third-order valence-corrected chi connectivity index (χ3v) is 3.67. The fourth-order valence-electron chi connectivity index (χ4n) is 2.11. The van der Waals surface area contributed by atoms with Gasteiger partial charge in [-0.1, -0.05) is 0 Å². The smallest absolute Gasteiger partial charge is 0.321 e. The topological polar surface area (TPSA) is 78.7 Å². The summed E-state index contributed by atoms with van der Waals surface area (Å²) in [6, 6.07) is 3.65. The van der Waals surface area contributed by atoms with Crippen LogP contribution >= 0.6 is 0 Å². The fraction of sp³-hybridized carbons (Fsp3) is 0.429. The van der Waals surface area contributed by atoms with Crippen LogP contribution in [0.25, 0.3) is 0 Å². The highest BCUT2D eigenvalue weighted by Crippen LogP contribution is 2.22. The minimum atomic E-state index is -0.612. The number of nitrogens with one attached hydrogen (secondary N) is 1. The predicted molar refractivity (Wildman–Crippen MR) is 77.8 cm³/mol. The number of likely N-dealkylation sites (N-methyl/N-ethyl adjacent to an activating group) is 1. The van der Waals surface area contributed by atoms with Crippen LogP contribution in [0.5, 0.6) is 0 Å². The first-order valence-electron chi connectivity index (χ1n) is 6.78. The van der Waals surface area contributed by atoms with Gasteiger partial charge in [0.25, 0.3) is 5.91 Å². The minimum Gasteiger partial charge on any atom is -0.338 e. The zero-order valence-electron chi connectivity index (χ0n) is 12.1. The van der Waals surface area contributed by atoms with Gasteiger partial charge < -0.3 is 16.0 Å². The first-order chi connectivity index (χ1) is 9.95. The molecular formula is C14H19FN4O2. The Morgan fingerprint density at radius 2 is 2.29 bits per heavy atom. The zero-order chi connectivity index (χ0) is 15.6. The van der Waals surface area contributed by atoms with Gasteiger partial charge in [-0.3, -0.25) is 9.69 Å². The Kier molecular flexibility index (Phi) is 4.42. The molecule has 1 fully saturated rings. The molecule has 2 rings (SSSR count). The number of hydrogen-bond acceptors (Lipinski definition) is 3. The van der Waals surface area contributed by atoms with Gasteiger partial charge in [0.05, 0.1) is 5.56 Å². The normalized spacial score (nSPS) is 15.8. The molecule has 1 aromatic rings. The number of hydrogen-bond donors (Lipinski definition) is 2. The molecule has 3 amide bonds. The summed E-state index contributed by atoms with van der Waals surface area (Å²) in [5.74, 6) is -1.06. The Balaban J connectivity index is 2.31. The average Bonchev–Trinajstić information content (AvgIpc) is 2.91. The lowest BCUT2D eigenvalue weighted by Crippen LogP contribution is -2.40. The van der Waals surface area contributed by atoms with Crippen molar-refractivity contribution >= 4 is 17.6 Å². The molecule has 0 aromatic heterocycles. The predicted octanol–water partition coefficient (Wildman–Crippen LogP) is 0.775. The number of carbonyl (C=O) groups is 2. The molecule has 6 nitrogen and oxygen atoms in total. The largest absolute Gasteiger partial charge is 0.338 e. The van der Waals surface area contributed by atoms with E-state index >= 15 is 0 Å². The SMILES string of the molecule is C[C@@H](CN)N(C)C(=O)c1cc(N2CCNC2=O)ccc1F. The van der Waals surface area contributed by atoms with Crippen molar-refractivity contribution in [3.8, 4) is 0 Å². The number of nitrogens with zero attached hydrogens (tertiary/aromatic N) is 2. The van der Waals surface area contributed by atoms with Gasteiger partial charge in [-0.2, -0.15) is 0 Å². The van der Waals surface area contributed by atoms with Gasteiger partial charge in [0.2, 0.25) is 0 Å². The zero-order valence-corrected chi connectivity index (χ0v) is 12.1. The third kappa shape index (κ3) is 2.97. The maximum absolute atomic E-state index is 13.9. The lowest BCUT2D eigenvalue weighted by molar-refractivity contribution is 0.0743. The van der Waals surface area contributed by atoms with Crippen molar-refractivity contribution in [2.24, 2.45) is 5.73 Å². The number of halogens is 1. The minimum absolute atomic E-state index is 0.0602. The van der Waals surface area contributed by atoms with Crippen LogP contribution in [-0.2, 0) is 0 Å². The molecule has 0 radical (unpaired) electrons. The molecule has 0 spiro atoms. The highest BCUT2D eigenvalue weighted by Gasteiger charge is 2.25. The molecule has 1 aliphatic rings. The standard InChI is InChI=1S/C14H19FN4O2/c1-9(8-16)18(2)13(20)11-7-10(3-4-12(11)15)19-6-5-17-14(19)21/h3-4,7,9H,5-6,8,16H2,1-2H3,(H,17,21)/t9-/m0/s1. The van der Waals surface area contributed by atoms with E-state index in [1.807, 2.05) is 0 Å². The van der Waals surface area contributed by atoms with E-state index < -0.39 is 11.7 Å². The van der Waals surface area contributed by atoms with Crippen LogP contribution < -0.4 is 16.0 Å². The van der Waals surface area contributed by atoms with Crippen molar-refractivity contribution in [1.29, 1.82) is 0 Å². The number of rotatable bonds is 4. The summed E-state index contributed by atoms with van der Waals surface area (Å²) < 4.78 is 13.9. The van der Waals surface area contributed by atoms with Gasteiger partial charge in [-0.05, 0) is 25.1 Å². The molecule has 21 heavy (non-hydrogen) atoms. The van der Waals surface area contributed by atoms with Gasteiger partial charge in [0.15, 0.2) is 0 Å². The second-order valence-electron chi connectivity index (χ2n) is 5.05. The van der Waals surface area contributed by atoms with Gasteiger partial charge >= 0.3 is 6.03 Å². The van der Waals surface area contributed by atoms with Crippen molar-refractivity contribution in [3.05, 3.63) is 29.6 Å². The summed E-state index contributed by atoms with van der Waals surface area (Å²) in [5, 5.41) is 2.66. The molecule has 1 atom stereocenters. The van der Waals surface area contributed by atoms with E-state index in [-0.39, 0.29) is 24.2 Å². The van der Waals surface area contributed by atoms with Gasteiger partial charge in [0, 0.05) is 38.4 Å². The molecule has 1 aromatic carbocycles. The summed E-state index contributed by atoms with van der Waals surface area (Å²) in [6.07, 6.45) is 0. The number of carbonyl (C=O) groups excluding carboxylic acids is 2. The van der Waals surface area contributed by atoms with Crippen LogP contribution in [0.3, 0.4) is 0 Å². The second kappa shape index (κ2) is 6.09. The lowest BCUT2D eigenvalue weighted by atomic mass is 10.1. The summed E-state index contributed by atoms with van der Waals surface area (Å²) in [7, 11) is 1.58. The molecule has 114 valence electrons. The molecular weight excluding hydrogens is 275 g/mol. The average molecular weight is 294 g/mol. The van der Waals surface area contributed by atoms with E-state index in [0.29, 0.717) is 18.8 Å². The monoisotopic (exact) mass is 294 g/mol. The molecule has 0 saturated carbocycles. The molecule has 7 heteroatoms. The van der Waals surface area contributed by atoms with Gasteiger partial charge in [-0.25, -0.2) is 9.18 Å². The highest BCUT2D eigenvalue weighted by atomic mass is 19.1. The van der Waals surface area contributed by atoms with Crippen LogP contribution in [-0.4, -0.2) is 49.6 Å². The number of urea groups is 1. The van der Waals surface area contributed by atoms with Crippen LogP contribution in [0, 0.1) is 5.82 Å². The van der Waals surface area contributed by atoms with Gasteiger partial charge in [-0.15, -0.1) is 0 Å². The fourth-order valence-corrected chi connectivity index (χ4v) is 2.11. The Bertz CT molecular complexity index is 564. The van der Waals surface area contributed by atoms with E-state index in [4.69, 9.17) is 5.73 Å². The Labute approximate surface area is 122 Å². The second-order valence-corrected chi connectivity index (χ2v) is 5.05.